The Morgan fingerprint density at radius 2 is 1.89 bits per heavy atom. The summed E-state index contributed by atoms with van der Waals surface area (Å²) in [6.45, 7) is 6.62. The van der Waals surface area contributed by atoms with Gasteiger partial charge < -0.3 is 20.2 Å². The summed E-state index contributed by atoms with van der Waals surface area (Å²) in [5, 5.41) is 18.2. The first-order chi connectivity index (χ1) is 13.5. The Bertz CT molecular complexity index is 991. The number of fused-ring (bicyclic) bond motifs is 1. The van der Waals surface area contributed by atoms with Crippen molar-refractivity contribution in [2.75, 3.05) is 36.4 Å². The number of hydrogen-bond donors (Lipinski definition) is 2. The quantitative estimate of drug-likeness (QED) is 0.729. The number of nitrogens with zero attached hydrogens (tertiary/aromatic N) is 5. The Balaban J connectivity index is 1.39. The number of piperazine rings is 1. The van der Waals surface area contributed by atoms with Crippen molar-refractivity contribution in [1.29, 1.82) is 0 Å². The zero-order valence-electron chi connectivity index (χ0n) is 16.0. The van der Waals surface area contributed by atoms with Crippen molar-refractivity contribution >= 4 is 28.4 Å². The Labute approximate surface area is 163 Å². The molecule has 3 aromatic rings. The van der Waals surface area contributed by atoms with Gasteiger partial charge in [0.25, 0.3) is 0 Å². The van der Waals surface area contributed by atoms with E-state index in [-0.39, 0.29) is 17.8 Å². The van der Waals surface area contributed by atoms with Crippen LogP contribution in [0.5, 0.6) is 5.75 Å². The van der Waals surface area contributed by atoms with Crippen LogP contribution in [0.2, 0.25) is 0 Å². The lowest BCUT2D eigenvalue weighted by atomic mass is 10.2. The van der Waals surface area contributed by atoms with Gasteiger partial charge in [-0.25, -0.2) is 14.5 Å². The van der Waals surface area contributed by atoms with Crippen molar-refractivity contribution in [1.82, 2.24) is 19.7 Å². The van der Waals surface area contributed by atoms with Crippen LogP contribution in [0.25, 0.3) is 11.0 Å². The van der Waals surface area contributed by atoms with Gasteiger partial charge in [0.15, 0.2) is 5.65 Å². The number of pyridine rings is 1. The van der Waals surface area contributed by atoms with E-state index in [0.29, 0.717) is 31.9 Å². The van der Waals surface area contributed by atoms with Crippen LogP contribution in [0, 0.1) is 0 Å². The van der Waals surface area contributed by atoms with Gasteiger partial charge in [-0.15, -0.1) is 0 Å². The molecule has 3 heterocycles. The molecule has 4 rings (SSSR count). The van der Waals surface area contributed by atoms with Crippen LogP contribution in [-0.2, 0) is 0 Å². The van der Waals surface area contributed by atoms with Gasteiger partial charge in [-0.3, -0.25) is 0 Å². The Morgan fingerprint density at radius 3 is 2.61 bits per heavy atom. The van der Waals surface area contributed by atoms with E-state index in [1.165, 1.54) is 0 Å². The van der Waals surface area contributed by atoms with Crippen LogP contribution in [0.4, 0.5) is 16.2 Å². The van der Waals surface area contributed by atoms with Crippen molar-refractivity contribution in [3.8, 4) is 5.75 Å². The fraction of sp³-hybridized carbons (Fsp3) is 0.350. The number of nitrogens with one attached hydrogen (secondary N) is 1. The summed E-state index contributed by atoms with van der Waals surface area (Å²) < 4.78 is 1.86. The lowest BCUT2D eigenvalue weighted by Crippen LogP contribution is -2.50. The van der Waals surface area contributed by atoms with Crippen molar-refractivity contribution in [3.05, 3.63) is 42.7 Å². The van der Waals surface area contributed by atoms with Crippen molar-refractivity contribution in [3.63, 3.8) is 0 Å². The van der Waals surface area contributed by atoms with E-state index in [1.54, 1.807) is 29.4 Å². The minimum absolute atomic E-state index is 0.144. The number of benzene rings is 1. The number of phenolic OH excluding ortho intramolecular Hbond substituents is 1. The second-order valence-electron chi connectivity index (χ2n) is 7.21. The SMILES string of the molecule is CC(C)n1ncc2cc(NC(=O)N3CCN(c4ccccc4O)CC3)cnc21. The molecule has 2 amide bonds. The monoisotopic (exact) mass is 380 g/mol. The number of phenols is 1. The van der Waals surface area contributed by atoms with E-state index in [2.05, 4.69) is 34.1 Å². The van der Waals surface area contributed by atoms with Gasteiger partial charge in [0, 0.05) is 37.6 Å². The highest BCUT2D eigenvalue weighted by molar-refractivity contribution is 5.91. The average Bonchev–Trinajstić information content (AvgIpc) is 3.12. The van der Waals surface area contributed by atoms with Crippen molar-refractivity contribution in [2.24, 2.45) is 0 Å². The zero-order valence-corrected chi connectivity index (χ0v) is 16.0. The van der Waals surface area contributed by atoms with Gasteiger partial charge in [-0.05, 0) is 32.0 Å². The molecule has 1 aromatic carbocycles. The number of carbonyl (C=O) groups is 1. The van der Waals surface area contributed by atoms with Crippen molar-refractivity contribution in [2.45, 2.75) is 19.9 Å². The molecule has 1 saturated heterocycles. The van der Waals surface area contributed by atoms with Crippen molar-refractivity contribution < 1.29 is 9.90 Å². The van der Waals surface area contributed by atoms with Crippen LogP contribution < -0.4 is 10.2 Å². The smallest absolute Gasteiger partial charge is 0.322 e. The molecule has 8 heteroatoms. The fourth-order valence-corrected chi connectivity index (χ4v) is 3.47. The summed E-state index contributed by atoms with van der Waals surface area (Å²) in [5.74, 6) is 0.265. The summed E-state index contributed by atoms with van der Waals surface area (Å²) in [4.78, 5) is 20.9. The third kappa shape index (κ3) is 3.45. The van der Waals surface area contributed by atoms with E-state index in [1.807, 2.05) is 22.9 Å². The Kier molecular flexibility index (Phi) is 4.77. The molecule has 0 atom stereocenters. The molecule has 2 aromatic heterocycles. The predicted octanol–water partition coefficient (Wildman–Crippen LogP) is 3.07. The highest BCUT2D eigenvalue weighted by Crippen LogP contribution is 2.27. The molecule has 1 fully saturated rings. The Morgan fingerprint density at radius 1 is 1.14 bits per heavy atom. The molecule has 0 radical (unpaired) electrons. The Hall–Kier alpha value is -3.29. The summed E-state index contributed by atoms with van der Waals surface area (Å²) in [6, 6.07) is 9.25. The van der Waals surface area contributed by atoms with Crippen LogP contribution >= 0.6 is 0 Å². The number of carbonyl (C=O) groups excluding carboxylic acids is 1. The topological polar surface area (TPSA) is 86.5 Å². The van der Waals surface area contributed by atoms with Crippen LogP contribution in [0.15, 0.2) is 42.7 Å². The second kappa shape index (κ2) is 7.38. The predicted molar refractivity (Wildman–Crippen MR) is 109 cm³/mol. The third-order valence-corrected chi connectivity index (χ3v) is 4.96. The maximum absolute atomic E-state index is 12.6. The van der Waals surface area contributed by atoms with Crippen LogP contribution in [-0.4, -0.2) is 57.0 Å². The van der Waals surface area contributed by atoms with E-state index < -0.39 is 0 Å². The zero-order chi connectivity index (χ0) is 19.7. The maximum Gasteiger partial charge on any atom is 0.322 e. The molecule has 1 aliphatic heterocycles. The van der Waals surface area contributed by atoms with E-state index in [9.17, 15) is 9.90 Å². The standard InChI is InChI=1S/C20H24N6O2/c1-14(2)26-19-15(12-22-26)11-16(13-21-19)23-20(28)25-9-7-24(8-10-25)17-5-3-4-6-18(17)27/h3-6,11-14,27H,7-10H2,1-2H3,(H,23,28). The molecule has 1 aliphatic rings. The number of aromatic hydroxyl groups is 1. The summed E-state index contributed by atoms with van der Waals surface area (Å²) >= 11 is 0. The summed E-state index contributed by atoms with van der Waals surface area (Å²) in [7, 11) is 0. The fourth-order valence-electron chi connectivity index (χ4n) is 3.47. The van der Waals surface area contributed by atoms with Crippen LogP contribution in [0.3, 0.4) is 0 Å². The maximum atomic E-state index is 12.6. The molecule has 0 aliphatic carbocycles. The molecule has 0 bridgehead atoms. The van der Waals surface area contributed by atoms with E-state index in [4.69, 9.17) is 0 Å². The molecule has 0 saturated carbocycles. The average molecular weight is 380 g/mol. The number of hydrogen-bond acceptors (Lipinski definition) is 5. The highest BCUT2D eigenvalue weighted by Gasteiger charge is 2.22. The molecule has 28 heavy (non-hydrogen) atoms. The van der Waals surface area contributed by atoms with Crippen LogP contribution in [0.1, 0.15) is 19.9 Å². The third-order valence-electron chi connectivity index (χ3n) is 4.96. The lowest BCUT2D eigenvalue weighted by Gasteiger charge is -2.36. The second-order valence-corrected chi connectivity index (χ2v) is 7.21. The molecule has 0 spiro atoms. The number of rotatable bonds is 3. The van der Waals surface area contributed by atoms with Gasteiger partial charge in [0.1, 0.15) is 5.75 Å². The molecule has 8 nitrogen and oxygen atoms in total. The van der Waals surface area contributed by atoms with Gasteiger partial charge in [-0.2, -0.15) is 5.10 Å². The van der Waals surface area contributed by atoms with Gasteiger partial charge >= 0.3 is 6.03 Å². The van der Waals surface area contributed by atoms with Gasteiger partial charge in [-0.1, -0.05) is 12.1 Å². The number of aromatic nitrogens is 3. The molecule has 2 N–H and O–H groups in total. The minimum atomic E-state index is -0.144. The van der Waals surface area contributed by atoms with E-state index in [0.717, 1.165) is 16.7 Å². The number of urea groups is 1. The number of para-hydroxylation sites is 2. The molecular weight excluding hydrogens is 356 g/mol. The minimum Gasteiger partial charge on any atom is -0.506 e. The highest BCUT2D eigenvalue weighted by atomic mass is 16.3. The first kappa shape index (κ1) is 18.1. The van der Waals surface area contributed by atoms with Gasteiger partial charge in [0.05, 0.1) is 23.8 Å². The first-order valence-electron chi connectivity index (χ1n) is 9.45. The number of anilines is 2. The lowest BCUT2D eigenvalue weighted by molar-refractivity contribution is 0.208. The first-order valence-corrected chi connectivity index (χ1v) is 9.45. The molecular formula is C20H24N6O2. The largest absolute Gasteiger partial charge is 0.506 e. The molecule has 146 valence electrons. The number of amides is 2. The van der Waals surface area contributed by atoms with Gasteiger partial charge in [0.2, 0.25) is 0 Å². The normalized spacial score (nSPS) is 14.7. The van der Waals surface area contributed by atoms with E-state index >= 15 is 0 Å². The summed E-state index contributed by atoms with van der Waals surface area (Å²) in [5.41, 5.74) is 2.27. The summed E-state index contributed by atoms with van der Waals surface area (Å²) in [6.07, 6.45) is 3.43. The molecule has 0 unspecified atom stereocenters.